The summed E-state index contributed by atoms with van der Waals surface area (Å²) in [5.41, 5.74) is 1.22. The van der Waals surface area contributed by atoms with Crippen LogP contribution in [0.3, 0.4) is 0 Å². The van der Waals surface area contributed by atoms with Gasteiger partial charge in [-0.05, 0) is 61.9 Å². The molecule has 106 valence electrons. The summed E-state index contributed by atoms with van der Waals surface area (Å²) < 4.78 is 6.35. The molecular weight excluding hydrogens is 306 g/mol. The number of halogens is 1. The van der Waals surface area contributed by atoms with Crippen molar-refractivity contribution in [2.75, 3.05) is 13.7 Å². The van der Waals surface area contributed by atoms with Gasteiger partial charge in [-0.25, -0.2) is 0 Å². The van der Waals surface area contributed by atoms with E-state index in [9.17, 15) is 5.11 Å². The number of methoxy groups -OCH3 is 1. The average Bonchev–Trinajstić information content (AvgIpc) is 2.43. The largest absolute Gasteiger partial charge is 0.497 e. The number of hydrogen-bond donors (Lipinski definition) is 2. The summed E-state index contributed by atoms with van der Waals surface area (Å²) in [5.74, 6) is 1.59. The van der Waals surface area contributed by atoms with Gasteiger partial charge in [0.1, 0.15) is 5.75 Å². The van der Waals surface area contributed by atoms with Gasteiger partial charge >= 0.3 is 0 Å². The maximum Gasteiger partial charge on any atom is 0.119 e. The Kier molecular flexibility index (Phi) is 5.67. The average molecular weight is 328 g/mol. The van der Waals surface area contributed by atoms with Gasteiger partial charge in [0.2, 0.25) is 0 Å². The van der Waals surface area contributed by atoms with Gasteiger partial charge in [0, 0.05) is 11.0 Å². The Bertz CT molecular complexity index is 403. The van der Waals surface area contributed by atoms with Crippen molar-refractivity contribution in [3.05, 3.63) is 28.2 Å². The van der Waals surface area contributed by atoms with E-state index in [1.54, 1.807) is 7.11 Å². The minimum Gasteiger partial charge on any atom is -0.497 e. The lowest BCUT2D eigenvalue weighted by molar-refractivity contribution is 0.108. The standard InChI is InChI=1S/C15H22BrNO2/c1-19-14-6-7-15(16)12(8-14)10-17-9-11-2-4-13(18)5-3-11/h6-8,11,13,17-18H,2-5,9-10H2,1H3. The lowest BCUT2D eigenvalue weighted by Gasteiger charge is -2.25. The van der Waals surface area contributed by atoms with Gasteiger partial charge in [0.25, 0.3) is 0 Å². The normalized spacial score (nSPS) is 23.3. The van der Waals surface area contributed by atoms with Crippen LogP contribution in [0, 0.1) is 5.92 Å². The van der Waals surface area contributed by atoms with E-state index in [-0.39, 0.29) is 6.10 Å². The van der Waals surface area contributed by atoms with E-state index in [1.807, 2.05) is 12.1 Å². The predicted molar refractivity (Wildman–Crippen MR) is 80.4 cm³/mol. The molecule has 0 spiro atoms. The number of nitrogens with one attached hydrogen (secondary N) is 1. The molecule has 19 heavy (non-hydrogen) atoms. The summed E-state index contributed by atoms with van der Waals surface area (Å²) in [7, 11) is 1.69. The van der Waals surface area contributed by atoms with Gasteiger partial charge in [-0.2, -0.15) is 0 Å². The smallest absolute Gasteiger partial charge is 0.119 e. The Labute approximate surface area is 123 Å². The van der Waals surface area contributed by atoms with Crippen LogP contribution in [0.15, 0.2) is 22.7 Å². The van der Waals surface area contributed by atoms with Crippen LogP contribution < -0.4 is 10.1 Å². The van der Waals surface area contributed by atoms with Gasteiger partial charge in [0.05, 0.1) is 13.2 Å². The van der Waals surface area contributed by atoms with Crippen molar-refractivity contribution in [3.63, 3.8) is 0 Å². The van der Waals surface area contributed by atoms with E-state index in [1.165, 1.54) is 5.56 Å². The Balaban J connectivity index is 1.79. The number of ether oxygens (including phenoxy) is 1. The van der Waals surface area contributed by atoms with Crippen LogP contribution in [0.1, 0.15) is 31.2 Å². The van der Waals surface area contributed by atoms with Gasteiger partial charge in [-0.3, -0.25) is 0 Å². The Morgan fingerprint density at radius 3 is 2.74 bits per heavy atom. The lowest BCUT2D eigenvalue weighted by atomic mass is 9.87. The van der Waals surface area contributed by atoms with Gasteiger partial charge < -0.3 is 15.2 Å². The van der Waals surface area contributed by atoms with E-state index in [0.29, 0.717) is 5.92 Å². The highest BCUT2D eigenvalue weighted by molar-refractivity contribution is 9.10. The third-order valence-corrected chi connectivity index (χ3v) is 4.59. The summed E-state index contributed by atoms with van der Waals surface area (Å²) in [6, 6.07) is 6.03. The molecule has 1 aromatic carbocycles. The number of benzene rings is 1. The molecule has 0 saturated heterocycles. The van der Waals surface area contributed by atoms with Crippen LogP contribution in [0.25, 0.3) is 0 Å². The fraction of sp³-hybridized carbons (Fsp3) is 0.600. The first-order valence-electron chi connectivity index (χ1n) is 6.90. The molecule has 0 atom stereocenters. The molecule has 0 bridgehead atoms. The minimum absolute atomic E-state index is 0.0659. The Hall–Kier alpha value is -0.580. The molecule has 1 fully saturated rings. The van der Waals surface area contributed by atoms with E-state index in [4.69, 9.17) is 4.74 Å². The summed E-state index contributed by atoms with van der Waals surface area (Å²) in [4.78, 5) is 0. The van der Waals surface area contributed by atoms with Crippen molar-refractivity contribution < 1.29 is 9.84 Å². The fourth-order valence-electron chi connectivity index (χ4n) is 2.57. The maximum absolute atomic E-state index is 9.48. The van der Waals surface area contributed by atoms with Crippen molar-refractivity contribution in [3.8, 4) is 5.75 Å². The molecule has 1 aliphatic carbocycles. The zero-order valence-electron chi connectivity index (χ0n) is 11.4. The first-order chi connectivity index (χ1) is 9.19. The van der Waals surface area contributed by atoms with Crippen molar-refractivity contribution >= 4 is 15.9 Å². The third kappa shape index (κ3) is 4.48. The van der Waals surface area contributed by atoms with Gasteiger partial charge in [0.15, 0.2) is 0 Å². The molecule has 3 nitrogen and oxygen atoms in total. The number of aliphatic hydroxyl groups excluding tert-OH is 1. The van der Waals surface area contributed by atoms with E-state index in [0.717, 1.165) is 49.0 Å². The second kappa shape index (κ2) is 7.27. The van der Waals surface area contributed by atoms with Gasteiger partial charge in [-0.1, -0.05) is 15.9 Å². The van der Waals surface area contributed by atoms with E-state index in [2.05, 4.69) is 27.3 Å². The van der Waals surface area contributed by atoms with Crippen LogP contribution in [-0.4, -0.2) is 24.9 Å². The second-order valence-corrected chi connectivity index (χ2v) is 6.12. The molecular formula is C15H22BrNO2. The number of rotatable bonds is 5. The molecule has 1 saturated carbocycles. The molecule has 1 aliphatic rings. The molecule has 2 N–H and O–H groups in total. The first kappa shape index (κ1) is 14.8. The molecule has 0 unspecified atom stereocenters. The molecule has 4 heteroatoms. The monoisotopic (exact) mass is 327 g/mol. The predicted octanol–water partition coefficient (Wildman–Crippen LogP) is 3.10. The zero-order chi connectivity index (χ0) is 13.7. The summed E-state index contributed by atoms with van der Waals surface area (Å²) in [6.45, 7) is 1.87. The van der Waals surface area contributed by atoms with Crippen LogP contribution in [0.2, 0.25) is 0 Å². The summed E-state index contributed by atoms with van der Waals surface area (Å²) >= 11 is 3.57. The zero-order valence-corrected chi connectivity index (χ0v) is 12.9. The first-order valence-corrected chi connectivity index (χ1v) is 7.69. The summed E-state index contributed by atoms with van der Waals surface area (Å²) in [5, 5.41) is 13.0. The van der Waals surface area contributed by atoms with Crippen molar-refractivity contribution in [2.24, 2.45) is 5.92 Å². The highest BCUT2D eigenvalue weighted by Crippen LogP contribution is 2.25. The van der Waals surface area contributed by atoms with Crippen LogP contribution in [-0.2, 0) is 6.54 Å². The van der Waals surface area contributed by atoms with E-state index < -0.39 is 0 Å². The number of aliphatic hydroxyl groups is 1. The maximum atomic E-state index is 9.48. The molecule has 0 aliphatic heterocycles. The fourth-order valence-corrected chi connectivity index (χ4v) is 2.96. The highest BCUT2D eigenvalue weighted by Gasteiger charge is 2.18. The minimum atomic E-state index is -0.0659. The molecule has 0 amide bonds. The molecule has 2 rings (SSSR count). The molecule has 0 radical (unpaired) electrons. The number of hydrogen-bond acceptors (Lipinski definition) is 3. The third-order valence-electron chi connectivity index (χ3n) is 3.82. The quantitative estimate of drug-likeness (QED) is 0.873. The molecule has 0 heterocycles. The Morgan fingerprint density at radius 2 is 2.05 bits per heavy atom. The molecule has 0 aromatic heterocycles. The van der Waals surface area contributed by atoms with Crippen molar-refractivity contribution in [1.29, 1.82) is 0 Å². The summed E-state index contributed by atoms with van der Waals surface area (Å²) in [6.07, 6.45) is 4.11. The van der Waals surface area contributed by atoms with Crippen LogP contribution >= 0.6 is 15.9 Å². The van der Waals surface area contributed by atoms with Crippen LogP contribution in [0.4, 0.5) is 0 Å². The van der Waals surface area contributed by atoms with Gasteiger partial charge in [-0.15, -0.1) is 0 Å². The van der Waals surface area contributed by atoms with E-state index >= 15 is 0 Å². The Morgan fingerprint density at radius 1 is 1.32 bits per heavy atom. The van der Waals surface area contributed by atoms with Crippen LogP contribution in [0.5, 0.6) is 5.75 Å². The second-order valence-electron chi connectivity index (χ2n) is 5.26. The highest BCUT2D eigenvalue weighted by atomic mass is 79.9. The van der Waals surface area contributed by atoms with Crippen molar-refractivity contribution in [2.45, 2.75) is 38.3 Å². The topological polar surface area (TPSA) is 41.5 Å². The lowest BCUT2D eigenvalue weighted by Crippen LogP contribution is -2.27. The van der Waals surface area contributed by atoms with Crippen molar-refractivity contribution in [1.82, 2.24) is 5.32 Å². The SMILES string of the molecule is COc1ccc(Br)c(CNCC2CCC(O)CC2)c1. The molecule has 1 aromatic rings.